The second-order valence-electron chi connectivity index (χ2n) is 7.98. The molecule has 0 atom stereocenters. The molecule has 0 unspecified atom stereocenters. The minimum Gasteiger partial charge on any atom is -0.354 e. The molecule has 2 heterocycles. The van der Waals surface area contributed by atoms with Crippen LogP contribution >= 0.6 is 0 Å². The number of nitrogens with zero attached hydrogens (tertiary/aromatic N) is 2. The van der Waals surface area contributed by atoms with Crippen LogP contribution in [0.15, 0.2) is 24.3 Å². The van der Waals surface area contributed by atoms with Gasteiger partial charge in [0.25, 0.3) is 5.91 Å². The summed E-state index contributed by atoms with van der Waals surface area (Å²) in [5.41, 5.74) is 0.160. The second-order valence-corrected chi connectivity index (χ2v) is 7.98. The molecule has 0 radical (unpaired) electrons. The summed E-state index contributed by atoms with van der Waals surface area (Å²) in [6.07, 6.45) is 3.60. The van der Waals surface area contributed by atoms with Gasteiger partial charge >= 0.3 is 0 Å². The summed E-state index contributed by atoms with van der Waals surface area (Å²) in [7, 11) is 0. The lowest BCUT2D eigenvalue weighted by Gasteiger charge is -2.41. The zero-order valence-electron chi connectivity index (χ0n) is 16.3. The van der Waals surface area contributed by atoms with Crippen molar-refractivity contribution in [3.63, 3.8) is 0 Å². The van der Waals surface area contributed by atoms with E-state index in [1.807, 2.05) is 13.8 Å². The molecule has 2 aliphatic rings. The molecule has 0 saturated carbocycles. The van der Waals surface area contributed by atoms with Gasteiger partial charge in [-0.1, -0.05) is 12.1 Å². The molecular formula is C21H30FN3O2. The number of halogens is 1. The number of likely N-dealkylation sites (tertiary alicyclic amines) is 2. The zero-order chi connectivity index (χ0) is 19.4. The van der Waals surface area contributed by atoms with Crippen LogP contribution in [0.4, 0.5) is 4.39 Å². The van der Waals surface area contributed by atoms with Crippen LogP contribution < -0.4 is 5.32 Å². The van der Waals surface area contributed by atoms with Gasteiger partial charge in [-0.25, -0.2) is 4.39 Å². The molecule has 0 bridgehead atoms. The van der Waals surface area contributed by atoms with E-state index in [1.165, 1.54) is 6.07 Å². The third kappa shape index (κ3) is 4.86. The summed E-state index contributed by atoms with van der Waals surface area (Å²) in [5, 5.41) is 3.01. The summed E-state index contributed by atoms with van der Waals surface area (Å²) >= 11 is 0. The number of hydrogen-bond donors (Lipinski definition) is 1. The minimum absolute atomic E-state index is 0.117. The molecule has 5 nitrogen and oxygen atoms in total. The van der Waals surface area contributed by atoms with Crippen LogP contribution in [0.2, 0.25) is 0 Å². The Kier molecular flexibility index (Phi) is 6.47. The smallest absolute Gasteiger partial charge is 0.256 e. The van der Waals surface area contributed by atoms with Crippen molar-refractivity contribution in [3.05, 3.63) is 35.6 Å². The summed E-state index contributed by atoms with van der Waals surface area (Å²) in [6, 6.07) is 6.82. The Labute approximate surface area is 160 Å². The number of piperidine rings is 2. The predicted octanol–water partition coefficient (Wildman–Crippen LogP) is 2.67. The molecule has 1 aromatic carbocycles. The lowest BCUT2D eigenvalue weighted by Crippen LogP contribution is -2.50. The molecule has 1 N–H and O–H groups in total. The van der Waals surface area contributed by atoms with Crippen LogP contribution in [0.25, 0.3) is 0 Å². The first-order chi connectivity index (χ1) is 13.0. The van der Waals surface area contributed by atoms with Gasteiger partial charge in [0, 0.05) is 31.1 Å². The van der Waals surface area contributed by atoms with E-state index in [9.17, 15) is 14.0 Å². The highest BCUT2D eigenvalue weighted by Gasteiger charge is 2.32. The molecule has 2 amide bonds. The second kappa shape index (κ2) is 8.83. The fourth-order valence-electron chi connectivity index (χ4n) is 4.17. The summed E-state index contributed by atoms with van der Waals surface area (Å²) in [6.45, 7) is 7.16. The normalized spacial score (nSPS) is 20.1. The van der Waals surface area contributed by atoms with E-state index < -0.39 is 5.82 Å². The Bertz CT molecular complexity index is 663. The maximum Gasteiger partial charge on any atom is 0.256 e. The Balaban J connectivity index is 1.47. The Hall–Kier alpha value is -1.95. The first-order valence-electron chi connectivity index (χ1n) is 10.0. The lowest BCUT2D eigenvalue weighted by atomic mass is 9.92. The van der Waals surface area contributed by atoms with Crippen LogP contribution in [0.3, 0.4) is 0 Å². The van der Waals surface area contributed by atoms with Gasteiger partial charge in [0.1, 0.15) is 5.82 Å². The molecule has 27 heavy (non-hydrogen) atoms. The van der Waals surface area contributed by atoms with Gasteiger partial charge in [0.05, 0.1) is 5.56 Å². The van der Waals surface area contributed by atoms with Gasteiger partial charge in [-0.3, -0.25) is 9.59 Å². The van der Waals surface area contributed by atoms with E-state index in [4.69, 9.17) is 0 Å². The van der Waals surface area contributed by atoms with Crippen molar-refractivity contribution in [1.29, 1.82) is 0 Å². The third-order valence-corrected chi connectivity index (χ3v) is 5.70. The highest BCUT2D eigenvalue weighted by Crippen LogP contribution is 2.25. The molecule has 2 saturated heterocycles. The molecule has 148 valence electrons. The minimum atomic E-state index is -0.452. The van der Waals surface area contributed by atoms with Crippen molar-refractivity contribution >= 4 is 11.8 Å². The third-order valence-electron chi connectivity index (χ3n) is 5.70. The molecule has 6 heteroatoms. The van der Waals surface area contributed by atoms with Crippen molar-refractivity contribution < 1.29 is 14.0 Å². The highest BCUT2D eigenvalue weighted by molar-refractivity contribution is 5.94. The van der Waals surface area contributed by atoms with Gasteiger partial charge < -0.3 is 15.1 Å². The fourth-order valence-corrected chi connectivity index (χ4v) is 4.17. The van der Waals surface area contributed by atoms with E-state index in [-0.39, 0.29) is 29.3 Å². The molecule has 2 aliphatic heterocycles. The average molecular weight is 375 g/mol. The largest absolute Gasteiger partial charge is 0.354 e. The van der Waals surface area contributed by atoms with E-state index in [2.05, 4.69) is 10.2 Å². The topological polar surface area (TPSA) is 52.7 Å². The first kappa shape index (κ1) is 19.8. The quantitative estimate of drug-likeness (QED) is 0.880. The molecular weight excluding hydrogens is 345 g/mol. The van der Waals surface area contributed by atoms with Gasteiger partial charge in [-0.2, -0.15) is 0 Å². The van der Waals surface area contributed by atoms with Crippen molar-refractivity contribution in [2.45, 2.75) is 51.6 Å². The van der Waals surface area contributed by atoms with Crippen molar-refractivity contribution in [3.8, 4) is 0 Å². The summed E-state index contributed by atoms with van der Waals surface area (Å²) < 4.78 is 13.9. The van der Waals surface area contributed by atoms with Crippen LogP contribution in [0, 0.1) is 11.7 Å². The van der Waals surface area contributed by atoms with Crippen molar-refractivity contribution in [1.82, 2.24) is 15.1 Å². The number of nitrogens with one attached hydrogen (secondary N) is 1. The molecule has 1 aromatic rings. The summed E-state index contributed by atoms with van der Waals surface area (Å²) in [5.74, 6) is -0.372. The predicted molar refractivity (Wildman–Crippen MR) is 103 cm³/mol. The van der Waals surface area contributed by atoms with Crippen molar-refractivity contribution in [2.75, 3.05) is 26.2 Å². The molecule has 0 spiro atoms. The lowest BCUT2D eigenvalue weighted by molar-refractivity contribution is -0.127. The van der Waals surface area contributed by atoms with E-state index >= 15 is 0 Å². The van der Waals surface area contributed by atoms with E-state index in [1.54, 1.807) is 23.1 Å². The fraction of sp³-hybridized carbons (Fsp3) is 0.619. The van der Waals surface area contributed by atoms with Gasteiger partial charge in [-0.15, -0.1) is 0 Å². The Morgan fingerprint density at radius 3 is 2.26 bits per heavy atom. The SMILES string of the molecule is CC(C)NC(=O)C1CCN(C2CCN(C(=O)c3ccccc3F)CC2)CC1. The summed E-state index contributed by atoms with van der Waals surface area (Å²) in [4.78, 5) is 28.9. The number of hydrogen-bond acceptors (Lipinski definition) is 3. The Morgan fingerprint density at radius 1 is 1.04 bits per heavy atom. The van der Waals surface area contributed by atoms with E-state index in [0.717, 1.165) is 38.8 Å². The van der Waals surface area contributed by atoms with Gasteiger partial charge in [0.15, 0.2) is 0 Å². The maximum atomic E-state index is 13.9. The zero-order valence-corrected chi connectivity index (χ0v) is 16.3. The van der Waals surface area contributed by atoms with Crippen LogP contribution in [0.5, 0.6) is 0 Å². The Morgan fingerprint density at radius 2 is 1.67 bits per heavy atom. The van der Waals surface area contributed by atoms with Gasteiger partial charge in [-0.05, 0) is 64.8 Å². The number of carbonyl (C=O) groups is 2. The number of carbonyl (C=O) groups excluding carboxylic acids is 2. The van der Waals surface area contributed by atoms with Gasteiger partial charge in [0.2, 0.25) is 5.91 Å². The van der Waals surface area contributed by atoms with Crippen molar-refractivity contribution in [2.24, 2.45) is 5.92 Å². The number of benzene rings is 1. The molecule has 3 rings (SSSR count). The van der Waals surface area contributed by atoms with Crippen LogP contribution in [-0.2, 0) is 4.79 Å². The number of amides is 2. The van der Waals surface area contributed by atoms with E-state index in [0.29, 0.717) is 19.1 Å². The monoisotopic (exact) mass is 375 g/mol. The molecule has 2 fully saturated rings. The molecule has 0 aliphatic carbocycles. The average Bonchev–Trinajstić information content (AvgIpc) is 2.67. The maximum absolute atomic E-state index is 13.9. The number of rotatable bonds is 4. The van der Waals surface area contributed by atoms with Crippen LogP contribution in [-0.4, -0.2) is 59.9 Å². The highest BCUT2D eigenvalue weighted by atomic mass is 19.1. The molecule has 0 aromatic heterocycles. The standard InChI is InChI=1S/C21H30FN3O2/c1-15(2)23-20(26)16-7-11-24(12-8-16)17-9-13-25(14-10-17)21(27)18-5-3-4-6-19(18)22/h3-6,15-17H,7-14H2,1-2H3,(H,23,26). The van der Waals surface area contributed by atoms with Crippen LogP contribution in [0.1, 0.15) is 49.9 Å². The first-order valence-corrected chi connectivity index (χ1v) is 10.0.